The van der Waals surface area contributed by atoms with Crippen LogP contribution in [0.4, 0.5) is 29.7 Å². The molecular formula is C19H14F3N3O3S2. The Bertz CT molecular complexity index is 1070. The zero-order chi connectivity index (χ0) is 21.9. The molecule has 2 aromatic carbocycles. The molecule has 156 valence electrons. The van der Waals surface area contributed by atoms with Crippen molar-refractivity contribution in [2.45, 2.75) is 18.0 Å². The van der Waals surface area contributed by atoms with E-state index in [0.29, 0.717) is 16.9 Å². The van der Waals surface area contributed by atoms with Crippen LogP contribution in [0.5, 0.6) is 0 Å². The molecule has 3 rings (SSSR count). The highest BCUT2D eigenvalue weighted by Crippen LogP contribution is 2.37. The van der Waals surface area contributed by atoms with E-state index in [4.69, 9.17) is 0 Å². The molecular weight excluding hydrogens is 439 g/mol. The van der Waals surface area contributed by atoms with Gasteiger partial charge < -0.3 is 0 Å². The first-order valence-corrected chi connectivity index (χ1v) is 10.3. The predicted molar refractivity (Wildman–Crippen MR) is 109 cm³/mol. The van der Waals surface area contributed by atoms with Gasteiger partial charge in [0.25, 0.3) is 5.69 Å². The number of benzene rings is 2. The summed E-state index contributed by atoms with van der Waals surface area (Å²) in [6, 6.07) is 11.0. The fourth-order valence-electron chi connectivity index (χ4n) is 2.54. The van der Waals surface area contributed by atoms with Gasteiger partial charge in [0, 0.05) is 11.4 Å². The Balaban J connectivity index is 1.86. The van der Waals surface area contributed by atoms with Crippen molar-refractivity contribution in [3.05, 3.63) is 75.3 Å². The van der Waals surface area contributed by atoms with E-state index in [-0.39, 0.29) is 10.6 Å². The smallest absolute Gasteiger partial charge is 0.273 e. The van der Waals surface area contributed by atoms with Gasteiger partial charge >= 0.3 is 6.18 Å². The number of para-hydroxylation sites is 1. The molecule has 1 amide bonds. The van der Waals surface area contributed by atoms with Gasteiger partial charge in [0.2, 0.25) is 5.91 Å². The number of nitrogens with zero attached hydrogens (tertiary/aromatic N) is 3. The second kappa shape index (κ2) is 8.84. The maximum absolute atomic E-state index is 13.0. The number of halogens is 3. The lowest BCUT2D eigenvalue weighted by atomic mass is 10.2. The molecule has 0 unspecified atom stereocenters. The van der Waals surface area contributed by atoms with Gasteiger partial charge in [-0.15, -0.1) is 23.1 Å². The number of rotatable bonds is 6. The van der Waals surface area contributed by atoms with E-state index in [0.717, 1.165) is 29.6 Å². The standard InChI is InChI=1S/C19H14F3N3O3S2/c1-12-10-30-18(23-12)24(14-5-3-2-4-6-14)17(26)11-29-16-8-7-13(19(20,21)22)9-15(16)25(27)28/h2-10H,11H2,1H3. The molecule has 0 aliphatic heterocycles. The molecule has 3 aromatic rings. The molecule has 0 saturated heterocycles. The molecule has 1 heterocycles. The third-order valence-corrected chi connectivity index (χ3v) is 5.89. The highest BCUT2D eigenvalue weighted by Gasteiger charge is 2.33. The minimum atomic E-state index is -4.70. The Kier molecular flexibility index (Phi) is 6.42. The summed E-state index contributed by atoms with van der Waals surface area (Å²) in [6.45, 7) is 1.79. The molecule has 0 aliphatic rings. The molecule has 0 atom stereocenters. The first-order chi connectivity index (χ1) is 14.2. The van der Waals surface area contributed by atoms with Crippen LogP contribution in [0.3, 0.4) is 0 Å². The normalized spacial score (nSPS) is 11.3. The van der Waals surface area contributed by atoms with Crippen molar-refractivity contribution in [3.8, 4) is 0 Å². The van der Waals surface area contributed by atoms with Crippen molar-refractivity contribution < 1.29 is 22.9 Å². The number of aromatic nitrogens is 1. The first kappa shape index (κ1) is 21.8. The van der Waals surface area contributed by atoms with E-state index in [1.165, 1.54) is 16.2 Å². The van der Waals surface area contributed by atoms with Crippen LogP contribution in [-0.2, 0) is 11.0 Å². The lowest BCUT2D eigenvalue weighted by Gasteiger charge is -2.20. The van der Waals surface area contributed by atoms with Gasteiger partial charge in [-0.1, -0.05) is 18.2 Å². The largest absolute Gasteiger partial charge is 0.416 e. The summed E-state index contributed by atoms with van der Waals surface area (Å²) in [6.07, 6.45) is -4.70. The highest BCUT2D eigenvalue weighted by molar-refractivity contribution is 8.00. The summed E-state index contributed by atoms with van der Waals surface area (Å²) >= 11 is 2.07. The lowest BCUT2D eigenvalue weighted by molar-refractivity contribution is -0.388. The summed E-state index contributed by atoms with van der Waals surface area (Å²) in [7, 11) is 0. The van der Waals surface area contributed by atoms with Gasteiger partial charge in [0.05, 0.1) is 32.5 Å². The Hall–Kier alpha value is -2.92. The third kappa shape index (κ3) is 4.97. The minimum Gasteiger partial charge on any atom is -0.273 e. The average molecular weight is 453 g/mol. The maximum Gasteiger partial charge on any atom is 0.416 e. The maximum atomic E-state index is 13.0. The van der Waals surface area contributed by atoms with E-state index < -0.39 is 28.3 Å². The summed E-state index contributed by atoms with van der Waals surface area (Å²) in [5.74, 6) is -0.630. The second-order valence-electron chi connectivity index (χ2n) is 6.06. The van der Waals surface area contributed by atoms with E-state index in [1.807, 2.05) is 0 Å². The van der Waals surface area contributed by atoms with Gasteiger partial charge in [-0.05, 0) is 31.2 Å². The molecule has 0 aliphatic carbocycles. The number of aryl methyl sites for hydroxylation is 1. The van der Waals surface area contributed by atoms with Crippen LogP contribution in [0.15, 0.2) is 58.8 Å². The van der Waals surface area contributed by atoms with Gasteiger partial charge in [0.1, 0.15) is 0 Å². The zero-order valence-electron chi connectivity index (χ0n) is 15.4. The Morgan fingerprint density at radius 3 is 2.50 bits per heavy atom. The number of thioether (sulfide) groups is 1. The topological polar surface area (TPSA) is 76.3 Å². The van der Waals surface area contributed by atoms with E-state index in [9.17, 15) is 28.1 Å². The lowest BCUT2D eigenvalue weighted by Crippen LogP contribution is -2.27. The molecule has 0 saturated carbocycles. The van der Waals surface area contributed by atoms with E-state index in [1.54, 1.807) is 42.6 Å². The number of anilines is 2. The number of amides is 1. The van der Waals surface area contributed by atoms with Crippen molar-refractivity contribution in [2.24, 2.45) is 0 Å². The molecule has 0 radical (unpaired) electrons. The molecule has 0 fully saturated rings. The first-order valence-electron chi connectivity index (χ1n) is 8.45. The number of alkyl halides is 3. The number of carbonyl (C=O) groups is 1. The Morgan fingerprint density at radius 2 is 1.93 bits per heavy atom. The predicted octanol–water partition coefficient (Wildman–Crippen LogP) is 5.84. The average Bonchev–Trinajstić information content (AvgIpc) is 3.12. The number of thiazole rings is 1. The number of hydrogen-bond acceptors (Lipinski definition) is 6. The second-order valence-corrected chi connectivity index (χ2v) is 7.92. The van der Waals surface area contributed by atoms with Crippen LogP contribution in [0.2, 0.25) is 0 Å². The van der Waals surface area contributed by atoms with Crippen molar-refractivity contribution in [1.82, 2.24) is 4.98 Å². The van der Waals surface area contributed by atoms with Gasteiger partial charge in [-0.25, -0.2) is 4.98 Å². The van der Waals surface area contributed by atoms with E-state index >= 15 is 0 Å². The minimum absolute atomic E-state index is 0.0234. The van der Waals surface area contributed by atoms with Gasteiger partial charge in [-0.2, -0.15) is 13.2 Å². The van der Waals surface area contributed by atoms with Crippen LogP contribution in [0.25, 0.3) is 0 Å². The number of hydrogen-bond donors (Lipinski definition) is 0. The highest BCUT2D eigenvalue weighted by atomic mass is 32.2. The van der Waals surface area contributed by atoms with Crippen LogP contribution in [0, 0.1) is 17.0 Å². The zero-order valence-corrected chi connectivity index (χ0v) is 17.1. The molecule has 0 bridgehead atoms. The summed E-state index contributed by atoms with van der Waals surface area (Å²) < 4.78 is 38.6. The monoisotopic (exact) mass is 453 g/mol. The van der Waals surface area contributed by atoms with Crippen LogP contribution >= 0.6 is 23.1 Å². The number of nitro benzene ring substituents is 1. The fourth-order valence-corrected chi connectivity index (χ4v) is 4.24. The summed E-state index contributed by atoms with van der Waals surface area (Å²) in [4.78, 5) is 29.0. The van der Waals surface area contributed by atoms with Crippen molar-refractivity contribution in [1.29, 1.82) is 0 Å². The quantitative estimate of drug-likeness (QED) is 0.266. The van der Waals surface area contributed by atoms with Crippen LogP contribution in [-0.4, -0.2) is 21.6 Å². The van der Waals surface area contributed by atoms with E-state index in [2.05, 4.69) is 4.98 Å². The Labute approximate surface area is 177 Å². The molecule has 11 heteroatoms. The van der Waals surface area contributed by atoms with Crippen molar-refractivity contribution in [3.63, 3.8) is 0 Å². The summed E-state index contributed by atoms with van der Waals surface area (Å²) in [5.41, 5.74) is -0.512. The van der Waals surface area contributed by atoms with Crippen LogP contribution < -0.4 is 4.90 Å². The van der Waals surface area contributed by atoms with Crippen molar-refractivity contribution >= 4 is 45.5 Å². The van der Waals surface area contributed by atoms with Crippen LogP contribution in [0.1, 0.15) is 11.3 Å². The molecule has 6 nitrogen and oxygen atoms in total. The molecule has 0 spiro atoms. The Morgan fingerprint density at radius 1 is 1.23 bits per heavy atom. The fraction of sp³-hybridized carbons (Fsp3) is 0.158. The van der Waals surface area contributed by atoms with Gasteiger partial charge in [0.15, 0.2) is 5.13 Å². The molecule has 1 aromatic heterocycles. The number of carbonyl (C=O) groups excluding carboxylic acids is 1. The molecule has 30 heavy (non-hydrogen) atoms. The van der Waals surface area contributed by atoms with Gasteiger partial charge in [-0.3, -0.25) is 19.8 Å². The molecule has 0 N–H and O–H groups in total. The number of nitro groups is 1. The van der Waals surface area contributed by atoms with Crippen molar-refractivity contribution in [2.75, 3.05) is 10.7 Å². The third-order valence-electron chi connectivity index (χ3n) is 3.90. The SMILES string of the molecule is Cc1csc(N(C(=O)CSc2ccc(C(F)(F)F)cc2[N+](=O)[O-])c2ccccc2)n1. The summed E-state index contributed by atoms with van der Waals surface area (Å²) in [5, 5.41) is 13.5.